The van der Waals surface area contributed by atoms with Crippen LogP contribution in [-0.2, 0) is 9.53 Å². The van der Waals surface area contributed by atoms with Gasteiger partial charge in [-0.2, -0.15) is 0 Å². The van der Waals surface area contributed by atoms with E-state index in [1.807, 2.05) is 0 Å². The van der Waals surface area contributed by atoms with Gasteiger partial charge in [-0.3, -0.25) is 4.90 Å². The van der Waals surface area contributed by atoms with E-state index in [1.165, 1.54) is 32.4 Å². The molecule has 0 aliphatic carbocycles. The Morgan fingerprint density at radius 1 is 1.35 bits per heavy atom. The van der Waals surface area contributed by atoms with Crippen LogP contribution in [0.3, 0.4) is 0 Å². The molecule has 94 valence electrons. The first-order valence-corrected chi connectivity index (χ1v) is 5.09. The van der Waals surface area contributed by atoms with Gasteiger partial charge >= 0.3 is 5.97 Å². The topological polar surface area (TPSA) is 38.8 Å². The average molecular weight is 241 g/mol. The minimum absolute atomic E-state index is 0.420. The molecule has 1 rings (SSSR count). The number of carbonyl (C=O) groups excluding carboxylic acids is 1. The van der Waals surface area contributed by atoms with Gasteiger partial charge in [0.15, 0.2) is 0 Å². The smallest absolute Gasteiger partial charge is 0.327 e. The Labute approximate surface area is 99.9 Å². The second-order valence-corrected chi connectivity index (χ2v) is 3.78. The van der Waals surface area contributed by atoms with Crippen LogP contribution in [0.25, 0.3) is 0 Å². The zero-order chi connectivity index (χ0) is 13.0. The molecule has 1 aromatic carbocycles. The molecule has 0 radical (unpaired) electrons. The molecule has 0 aromatic heterocycles. The van der Waals surface area contributed by atoms with E-state index >= 15 is 0 Å². The van der Waals surface area contributed by atoms with Crippen LogP contribution >= 0.6 is 0 Å². The monoisotopic (exact) mass is 241 g/mol. The molecule has 5 heteroatoms. The quantitative estimate of drug-likeness (QED) is 0.751. The number of hydrogen-bond acceptors (Lipinski definition) is 4. The van der Waals surface area contributed by atoms with Crippen molar-refractivity contribution in [1.29, 1.82) is 0 Å². The maximum Gasteiger partial charge on any atom is 0.327 e. The summed E-state index contributed by atoms with van der Waals surface area (Å²) in [6, 6.07) is 3.36. The zero-order valence-corrected chi connectivity index (χ0v) is 10.4. The molecule has 0 spiro atoms. The van der Waals surface area contributed by atoms with Gasteiger partial charge in [-0.05, 0) is 32.3 Å². The van der Waals surface area contributed by atoms with Gasteiger partial charge in [0.2, 0.25) is 0 Å². The van der Waals surface area contributed by atoms with Gasteiger partial charge in [-0.1, -0.05) is 0 Å². The van der Waals surface area contributed by atoms with Crippen LogP contribution in [0, 0.1) is 5.82 Å². The van der Waals surface area contributed by atoms with E-state index in [1.54, 1.807) is 19.0 Å². The van der Waals surface area contributed by atoms with Crippen molar-refractivity contribution in [2.24, 2.45) is 0 Å². The highest BCUT2D eigenvalue weighted by Crippen LogP contribution is 2.29. The highest BCUT2D eigenvalue weighted by Gasteiger charge is 2.27. The Morgan fingerprint density at radius 3 is 2.47 bits per heavy atom. The predicted octanol–water partition coefficient (Wildman–Crippen LogP) is 1.61. The fourth-order valence-corrected chi connectivity index (χ4v) is 1.65. The number of halogens is 1. The fourth-order valence-electron chi connectivity index (χ4n) is 1.65. The first-order chi connectivity index (χ1) is 8.01. The fraction of sp³-hybridized carbons (Fsp3) is 0.417. The Balaban J connectivity index is 3.26. The second-order valence-electron chi connectivity index (χ2n) is 3.78. The maximum atomic E-state index is 13.2. The molecule has 0 fully saturated rings. The zero-order valence-electron chi connectivity index (χ0n) is 10.4. The molecular weight excluding hydrogens is 225 g/mol. The summed E-state index contributed by atoms with van der Waals surface area (Å²) in [6.45, 7) is 0. The number of carbonyl (C=O) groups is 1. The minimum Gasteiger partial charge on any atom is -0.496 e. The van der Waals surface area contributed by atoms with Crippen molar-refractivity contribution >= 4 is 5.97 Å². The van der Waals surface area contributed by atoms with Gasteiger partial charge in [0, 0.05) is 5.56 Å². The van der Waals surface area contributed by atoms with Crippen LogP contribution in [0.1, 0.15) is 11.6 Å². The summed E-state index contributed by atoms with van der Waals surface area (Å²) in [5.74, 6) is -0.425. The van der Waals surface area contributed by atoms with Crippen molar-refractivity contribution in [2.75, 3.05) is 28.3 Å². The van der Waals surface area contributed by atoms with Gasteiger partial charge in [-0.15, -0.1) is 0 Å². The third-order valence-corrected chi connectivity index (χ3v) is 2.43. The van der Waals surface area contributed by atoms with Crippen molar-refractivity contribution in [3.05, 3.63) is 29.6 Å². The number of hydrogen-bond donors (Lipinski definition) is 0. The molecule has 4 nitrogen and oxygen atoms in total. The summed E-state index contributed by atoms with van der Waals surface area (Å²) >= 11 is 0. The third kappa shape index (κ3) is 2.94. The first-order valence-electron chi connectivity index (χ1n) is 5.09. The van der Waals surface area contributed by atoms with E-state index in [0.29, 0.717) is 11.3 Å². The van der Waals surface area contributed by atoms with Gasteiger partial charge in [0.25, 0.3) is 0 Å². The molecule has 0 bridgehead atoms. The van der Waals surface area contributed by atoms with Crippen molar-refractivity contribution in [1.82, 2.24) is 4.90 Å². The molecular formula is C12H16FNO3. The van der Waals surface area contributed by atoms with Gasteiger partial charge in [0.1, 0.15) is 17.6 Å². The highest BCUT2D eigenvalue weighted by molar-refractivity contribution is 5.78. The molecule has 1 unspecified atom stereocenters. The molecule has 0 saturated carbocycles. The number of likely N-dealkylation sites (N-methyl/N-ethyl adjacent to an activating group) is 1. The molecule has 1 atom stereocenters. The normalized spacial score (nSPS) is 12.4. The van der Waals surface area contributed by atoms with Crippen LogP contribution < -0.4 is 4.74 Å². The van der Waals surface area contributed by atoms with Crippen molar-refractivity contribution in [3.8, 4) is 5.75 Å². The molecule has 0 saturated heterocycles. The number of nitrogens with zero attached hydrogens (tertiary/aromatic N) is 1. The van der Waals surface area contributed by atoms with Crippen LogP contribution in [0.4, 0.5) is 4.39 Å². The summed E-state index contributed by atoms with van der Waals surface area (Å²) in [6.07, 6.45) is 0. The van der Waals surface area contributed by atoms with Crippen LogP contribution in [0.2, 0.25) is 0 Å². The molecule has 0 N–H and O–H groups in total. The lowest BCUT2D eigenvalue weighted by atomic mass is 10.0. The third-order valence-electron chi connectivity index (χ3n) is 2.43. The van der Waals surface area contributed by atoms with Crippen LogP contribution in [0.5, 0.6) is 5.75 Å². The van der Waals surface area contributed by atoms with E-state index in [-0.39, 0.29) is 0 Å². The summed E-state index contributed by atoms with van der Waals surface area (Å²) in [4.78, 5) is 13.3. The Morgan fingerprint density at radius 2 is 2.00 bits per heavy atom. The average Bonchev–Trinajstić information content (AvgIpc) is 2.29. The molecule has 0 heterocycles. The van der Waals surface area contributed by atoms with E-state index in [2.05, 4.69) is 0 Å². The Kier molecular flexibility index (Phi) is 4.45. The van der Waals surface area contributed by atoms with Crippen molar-refractivity contribution < 1.29 is 18.7 Å². The van der Waals surface area contributed by atoms with E-state index in [9.17, 15) is 9.18 Å². The van der Waals surface area contributed by atoms with Gasteiger partial charge < -0.3 is 9.47 Å². The van der Waals surface area contributed by atoms with Crippen LogP contribution in [0.15, 0.2) is 18.2 Å². The lowest BCUT2D eigenvalue weighted by Crippen LogP contribution is -2.29. The molecule has 1 aromatic rings. The summed E-state index contributed by atoms with van der Waals surface area (Å²) in [7, 11) is 6.20. The number of esters is 1. The van der Waals surface area contributed by atoms with Crippen molar-refractivity contribution in [3.63, 3.8) is 0 Å². The number of methoxy groups -OCH3 is 2. The maximum absolute atomic E-state index is 13.2. The second kappa shape index (κ2) is 5.63. The lowest BCUT2D eigenvalue weighted by molar-refractivity contribution is -0.146. The van der Waals surface area contributed by atoms with E-state index < -0.39 is 17.8 Å². The SMILES string of the molecule is COC(=O)C(c1cc(F)ccc1OC)N(C)C. The van der Waals surface area contributed by atoms with Crippen molar-refractivity contribution in [2.45, 2.75) is 6.04 Å². The summed E-state index contributed by atoms with van der Waals surface area (Å²) in [5, 5.41) is 0. The number of ether oxygens (including phenoxy) is 2. The molecule has 0 aliphatic heterocycles. The standard InChI is InChI=1S/C12H16FNO3/c1-14(2)11(12(15)17-4)9-7-8(13)5-6-10(9)16-3/h5-7,11H,1-4H3. The van der Waals surface area contributed by atoms with Crippen LogP contribution in [-0.4, -0.2) is 39.2 Å². The molecule has 17 heavy (non-hydrogen) atoms. The molecule has 0 amide bonds. The number of benzene rings is 1. The first kappa shape index (κ1) is 13.4. The molecule has 0 aliphatic rings. The predicted molar refractivity (Wildman–Crippen MR) is 61.4 cm³/mol. The Bertz CT molecular complexity index is 407. The van der Waals surface area contributed by atoms with E-state index in [0.717, 1.165) is 0 Å². The largest absolute Gasteiger partial charge is 0.496 e. The summed E-state index contributed by atoms with van der Waals surface area (Å²) in [5.41, 5.74) is 0.448. The lowest BCUT2D eigenvalue weighted by Gasteiger charge is -2.23. The van der Waals surface area contributed by atoms with E-state index in [4.69, 9.17) is 9.47 Å². The highest BCUT2D eigenvalue weighted by atomic mass is 19.1. The summed E-state index contributed by atoms with van der Waals surface area (Å²) < 4.78 is 23.1. The number of rotatable bonds is 4. The Hall–Kier alpha value is -1.62. The minimum atomic E-state index is -0.689. The van der Waals surface area contributed by atoms with Gasteiger partial charge in [-0.25, -0.2) is 9.18 Å². The van der Waals surface area contributed by atoms with Gasteiger partial charge in [0.05, 0.1) is 14.2 Å².